The number of ether oxygens (including phenoxy) is 1. The Labute approximate surface area is 111 Å². The first kappa shape index (κ1) is 14.0. The quantitative estimate of drug-likeness (QED) is 0.572. The first-order chi connectivity index (χ1) is 8.74. The van der Waals surface area contributed by atoms with Crippen molar-refractivity contribution in [3.63, 3.8) is 0 Å². The minimum Gasteiger partial charge on any atom is -0.377 e. The minimum atomic E-state index is -0.0689. The summed E-state index contributed by atoms with van der Waals surface area (Å²) in [6.45, 7) is 6.02. The largest absolute Gasteiger partial charge is 0.377 e. The highest BCUT2D eigenvalue weighted by molar-refractivity contribution is 5.59. The van der Waals surface area contributed by atoms with Gasteiger partial charge in [0.1, 0.15) is 6.29 Å². The van der Waals surface area contributed by atoms with Crippen molar-refractivity contribution in [3.05, 3.63) is 0 Å². The van der Waals surface area contributed by atoms with Crippen LogP contribution in [0.1, 0.15) is 51.9 Å². The minimum absolute atomic E-state index is 0.0689. The van der Waals surface area contributed by atoms with E-state index in [9.17, 15) is 4.79 Å². The average molecular weight is 253 g/mol. The first-order valence-corrected chi connectivity index (χ1v) is 7.54. The summed E-state index contributed by atoms with van der Waals surface area (Å²) in [7, 11) is 0. The van der Waals surface area contributed by atoms with Crippen molar-refractivity contribution in [1.29, 1.82) is 0 Å². The Morgan fingerprint density at radius 2 is 1.94 bits per heavy atom. The Morgan fingerprint density at radius 3 is 2.61 bits per heavy atom. The van der Waals surface area contributed by atoms with E-state index in [-0.39, 0.29) is 5.41 Å². The summed E-state index contributed by atoms with van der Waals surface area (Å²) in [5.74, 6) is 0. The number of carbonyl (C=O) groups excluding carboxylic acids is 1. The highest BCUT2D eigenvalue weighted by Gasteiger charge is 2.33. The summed E-state index contributed by atoms with van der Waals surface area (Å²) in [6, 6.07) is 0. The smallest absolute Gasteiger partial charge is 0.127 e. The maximum atomic E-state index is 11.6. The maximum Gasteiger partial charge on any atom is 0.127 e. The van der Waals surface area contributed by atoms with E-state index in [0.717, 1.165) is 45.5 Å². The summed E-state index contributed by atoms with van der Waals surface area (Å²) < 4.78 is 5.68. The lowest BCUT2D eigenvalue weighted by Crippen LogP contribution is -2.41. The van der Waals surface area contributed by atoms with Gasteiger partial charge in [-0.3, -0.25) is 4.90 Å². The molecule has 3 heteroatoms. The second-order valence-corrected chi connectivity index (χ2v) is 6.16. The summed E-state index contributed by atoms with van der Waals surface area (Å²) >= 11 is 0. The van der Waals surface area contributed by atoms with Gasteiger partial charge in [0, 0.05) is 31.7 Å². The van der Waals surface area contributed by atoms with Gasteiger partial charge in [0.2, 0.25) is 0 Å². The topological polar surface area (TPSA) is 29.5 Å². The van der Waals surface area contributed by atoms with E-state index >= 15 is 0 Å². The van der Waals surface area contributed by atoms with E-state index in [0.29, 0.717) is 6.10 Å². The van der Waals surface area contributed by atoms with Crippen molar-refractivity contribution < 1.29 is 9.53 Å². The molecule has 18 heavy (non-hydrogen) atoms. The Morgan fingerprint density at radius 1 is 1.22 bits per heavy atom. The zero-order chi connectivity index (χ0) is 12.8. The summed E-state index contributed by atoms with van der Waals surface area (Å²) in [5, 5.41) is 0. The highest BCUT2D eigenvalue weighted by Crippen LogP contribution is 2.34. The molecule has 104 valence electrons. The molecule has 1 unspecified atom stereocenters. The molecule has 0 aromatic heterocycles. The summed E-state index contributed by atoms with van der Waals surface area (Å²) in [4.78, 5) is 14.1. The highest BCUT2D eigenvalue weighted by atomic mass is 16.5. The molecular formula is C15H27NO2. The zero-order valence-corrected chi connectivity index (χ0v) is 11.7. The van der Waals surface area contributed by atoms with Gasteiger partial charge in [-0.05, 0) is 26.2 Å². The molecule has 0 aromatic carbocycles. The molecule has 2 fully saturated rings. The number of nitrogens with zero attached hydrogens (tertiary/aromatic N) is 1. The third-order valence-electron chi connectivity index (χ3n) is 4.42. The molecule has 2 rings (SSSR count). The van der Waals surface area contributed by atoms with Crippen molar-refractivity contribution >= 4 is 6.29 Å². The van der Waals surface area contributed by atoms with Crippen LogP contribution in [0.3, 0.4) is 0 Å². The van der Waals surface area contributed by atoms with Crippen molar-refractivity contribution in [2.24, 2.45) is 5.41 Å². The molecule has 1 atom stereocenters. The molecule has 1 saturated carbocycles. The van der Waals surface area contributed by atoms with E-state index in [2.05, 4.69) is 11.8 Å². The molecule has 2 aliphatic rings. The van der Waals surface area contributed by atoms with Crippen LogP contribution in [0.4, 0.5) is 0 Å². The van der Waals surface area contributed by atoms with Gasteiger partial charge in [0.15, 0.2) is 0 Å². The molecule has 3 nitrogen and oxygen atoms in total. The van der Waals surface area contributed by atoms with Crippen LogP contribution in [-0.4, -0.2) is 43.5 Å². The Balaban J connectivity index is 1.96. The molecule has 1 aliphatic carbocycles. The molecule has 0 bridgehead atoms. The predicted molar refractivity (Wildman–Crippen MR) is 72.7 cm³/mol. The molecule has 0 radical (unpaired) electrons. The lowest BCUT2D eigenvalue weighted by molar-refractivity contribution is -0.118. The van der Waals surface area contributed by atoms with Crippen molar-refractivity contribution in [2.75, 3.05) is 26.2 Å². The van der Waals surface area contributed by atoms with Crippen LogP contribution in [-0.2, 0) is 9.53 Å². The molecule has 1 heterocycles. The molecule has 0 N–H and O–H groups in total. The van der Waals surface area contributed by atoms with Gasteiger partial charge < -0.3 is 9.53 Å². The zero-order valence-electron chi connectivity index (χ0n) is 11.7. The van der Waals surface area contributed by atoms with Crippen LogP contribution < -0.4 is 0 Å². The normalized spacial score (nSPS) is 30.4. The molecule has 1 aliphatic heterocycles. The monoisotopic (exact) mass is 253 g/mol. The van der Waals surface area contributed by atoms with Gasteiger partial charge in [0.05, 0.1) is 6.10 Å². The number of rotatable bonds is 3. The first-order valence-electron chi connectivity index (χ1n) is 7.54. The van der Waals surface area contributed by atoms with Crippen LogP contribution >= 0.6 is 0 Å². The third-order valence-corrected chi connectivity index (χ3v) is 4.42. The lowest BCUT2D eigenvalue weighted by Gasteiger charge is -2.33. The molecule has 0 spiro atoms. The summed E-state index contributed by atoms with van der Waals surface area (Å²) in [6.07, 6.45) is 9.88. The van der Waals surface area contributed by atoms with Crippen LogP contribution in [0.25, 0.3) is 0 Å². The predicted octanol–water partition coefficient (Wildman–Crippen LogP) is 2.64. The van der Waals surface area contributed by atoms with Crippen LogP contribution in [0.5, 0.6) is 0 Å². The standard InChI is InChI=1S/C15H27NO2/c1-14-11-16(9-6-10-18-14)12-15(13-17)7-4-2-3-5-8-15/h13-14H,2-12H2,1H3. The Bertz CT molecular complexity index is 259. The molecule has 0 aromatic rings. The lowest BCUT2D eigenvalue weighted by atomic mass is 9.81. The van der Waals surface area contributed by atoms with Crippen molar-refractivity contribution in [1.82, 2.24) is 4.90 Å². The van der Waals surface area contributed by atoms with E-state index in [1.165, 1.54) is 32.0 Å². The van der Waals surface area contributed by atoms with E-state index < -0.39 is 0 Å². The second kappa shape index (κ2) is 6.67. The van der Waals surface area contributed by atoms with Gasteiger partial charge in [-0.25, -0.2) is 0 Å². The number of carbonyl (C=O) groups is 1. The molecule has 0 amide bonds. The van der Waals surface area contributed by atoms with Crippen LogP contribution in [0.2, 0.25) is 0 Å². The maximum absolute atomic E-state index is 11.6. The van der Waals surface area contributed by atoms with Gasteiger partial charge in [-0.1, -0.05) is 25.7 Å². The number of hydrogen-bond acceptors (Lipinski definition) is 3. The fourth-order valence-corrected chi connectivity index (χ4v) is 3.42. The van der Waals surface area contributed by atoms with Gasteiger partial charge in [-0.2, -0.15) is 0 Å². The van der Waals surface area contributed by atoms with E-state index in [1.54, 1.807) is 0 Å². The second-order valence-electron chi connectivity index (χ2n) is 6.16. The van der Waals surface area contributed by atoms with Gasteiger partial charge in [-0.15, -0.1) is 0 Å². The summed E-state index contributed by atoms with van der Waals surface area (Å²) in [5.41, 5.74) is -0.0689. The SMILES string of the molecule is CC1CN(CC2(C=O)CCCCCC2)CCCO1. The molecular weight excluding hydrogens is 226 g/mol. The Kier molecular flexibility index (Phi) is 5.19. The van der Waals surface area contributed by atoms with Gasteiger partial charge >= 0.3 is 0 Å². The van der Waals surface area contributed by atoms with Crippen molar-refractivity contribution in [3.8, 4) is 0 Å². The van der Waals surface area contributed by atoms with E-state index in [4.69, 9.17) is 4.74 Å². The van der Waals surface area contributed by atoms with Crippen LogP contribution in [0, 0.1) is 5.41 Å². The fraction of sp³-hybridized carbons (Fsp3) is 0.933. The van der Waals surface area contributed by atoms with Crippen molar-refractivity contribution in [2.45, 2.75) is 58.0 Å². The Hall–Kier alpha value is -0.410. The number of hydrogen-bond donors (Lipinski definition) is 0. The third kappa shape index (κ3) is 3.79. The number of aldehydes is 1. The van der Waals surface area contributed by atoms with Gasteiger partial charge in [0.25, 0.3) is 0 Å². The molecule has 1 saturated heterocycles. The van der Waals surface area contributed by atoms with Crippen LogP contribution in [0.15, 0.2) is 0 Å². The average Bonchev–Trinajstić information content (AvgIpc) is 2.71. The van der Waals surface area contributed by atoms with E-state index in [1.807, 2.05) is 0 Å². The fourth-order valence-electron chi connectivity index (χ4n) is 3.42.